The van der Waals surface area contributed by atoms with E-state index in [-0.39, 0.29) is 24.1 Å². The van der Waals surface area contributed by atoms with Crippen molar-refractivity contribution >= 4 is 16.9 Å². The fourth-order valence-corrected chi connectivity index (χ4v) is 2.00. The molecule has 21 heavy (non-hydrogen) atoms. The highest BCUT2D eigenvalue weighted by Gasteiger charge is 2.08. The molecule has 4 nitrogen and oxygen atoms in total. The van der Waals surface area contributed by atoms with Crippen LogP contribution >= 0.6 is 0 Å². The molecule has 0 atom stereocenters. The van der Waals surface area contributed by atoms with Crippen LogP contribution in [0.3, 0.4) is 0 Å². The number of rotatable bonds is 3. The molecule has 0 saturated carbocycles. The molecule has 2 N–H and O–H groups in total. The molecule has 106 valence electrons. The van der Waals surface area contributed by atoms with E-state index < -0.39 is 0 Å². The largest absolute Gasteiger partial charge is 0.470 e. The molecule has 1 aromatic heterocycles. The van der Waals surface area contributed by atoms with E-state index in [9.17, 15) is 4.39 Å². The number of fused-ring (bicyclic) bond motifs is 1. The maximum Gasteiger partial charge on any atom is 0.258 e. The number of nitrogens with zero attached hydrogens (tertiary/aromatic N) is 2. The van der Waals surface area contributed by atoms with Gasteiger partial charge < -0.3 is 10.5 Å². The molecule has 0 amide bonds. The van der Waals surface area contributed by atoms with Crippen molar-refractivity contribution in [2.75, 3.05) is 5.73 Å². The lowest BCUT2D eigenvalue weighted by Gasteiger charge is -2.09. The molecule has 3 rings (SSSR count). The smallest absolute Gasteiger partial charge is 0.258 e. The van der Waals surface area contributed by atoms with Crippen LogP contribution in [0.1, 0.15) is 11.1 Å². The van der Waals surface area contributed by atoms with Gasteiger partial charge in [-0.1, -0.05) is 18.2 Å². The van der Waals surface area contributed by atoms with Gasteiger partial charge in [-0.15, -0.1) is 0 Å². The average molecular weight is 283 g/mol. The minimum Gasteiger partial charge on any atom is -0.470 e. The molecule has 0 bridgehead atoms. The highest BCUT2D eigenvalue weighted by atomic mass is 19.1. The summed E-state index contributed by atoms with van der Waals surface area (Å²) in [7, 11) is 0. The van der Waals surface area contributed by atoms with E-state index in [4.69, 9.17) is 10.5 Å². The normalized spacial score (nSPS) is 10.8. The van der Waals surface area contributed by atoms with Crippen molar-refractivity contribution in [1.82, 2.24) is 9.97 Å². The zero-order valence-corrected chi connectivity index (χ0v) is 11.5. The number of hydrogen-bond acceptors (Lipinski definition) is 4. The Morgan fingerprint density at radius 3 is 2.57 bits per heavy atom. The quantitative estimate of drug-likeness (QED) is 0.801. The number of nitrogen functional groups attached to an aromatic ring is 1. The summed E-state index contributed by atoms with van der Waals surface area (Å²) in [5.74, 6) is 0.255. The number of nitrogens with two attached hydrogens (primary N) is 1. The van der Waals surface area contributed by atoms with Crippen LogP contribution in [-0.4, -0.2) is 9.97 Å². The van der Waals surface area contributed by atoms with Crippen LogP contribution < -0.4 is 10.5 Å². The molecule has 0 unspecified atom stereocenters. The van der Waals surface area contributed by atoms with Crippen molar-refractivity contribution in [3.8, 4) is 5.88 Å². The van der Waals surface area contributed by atoms with Gasteiger partial charge in [0.1, 0.15) is 12.4 Å². The Balaban J connectivity index is 1.85. The summed E-state index contributed by atoms with van der Waals surface area (Å²) in [5, 5.41) is 0. The Morgan fingerprint density at radius 2 is 1.81 bits per heavy atom. The highest BCUT2D eigenvalue weighted by Crippen LogP contribution is 2.22. The summed E-state index contributed by atoms with van der Waals surface area (Å²) in [6.45, 7) is 2.24. The maximum atomic E-state index is 12.8. The van der Waals surface area contributed by atoms with Gasteiger partial charge in [-0.2, -0.15) is 0 Å². The molecule has 0 spiro atoms. The van der Waals surface area contributed by atoms with Crippen LogP contribution in [0.2, 0.25) is 0 Å². The van der Waals surface area contributed by atoms with Crippen molar-refractivity contribution in [2.24, 2.45) is 0 Å². The summed E-state index contributed by atoms with van der Waals surface area (Å²) >= 11 is 0. The summed E-state index contributed by atoms with van der Waals surface area (Å²) in [5.41, 5.74) is 9.26. The molecule has 3 aromatic rings. The molecule has 2 aromatic carbocycles. The van der Waals surface area contributed by atoms with Crippen LogP contribution in [0, 0.1) is 12.7 Å². The molecular weight excluding hydrogens is 269 g/mol. The number of anilines is 1. The van der Waals surface area contributed by atoms with Gasteiger partial charge in [0.25, 0.3) is 5.88 Å². The third-order valence-electron chi connectivity index (χ3n) is 3.10. The molecule has 0 fully saturated rings. The molecule has 5 heteroatoms. The van der Waals surface area contributed by atoms with Crippen molar-refractivity contribution in [1.29, 1.82) is 0 Å². The minimum atomic E-state index is -0.279. The number of aromatic nitrogens is 2. The second-order valence-electron chi connectivity index (χ2n) is 4.82. The fourth-order valence-electron chi connectivity index (χ4n) is 2.00. The fraction of sp³-hybridized carbons (Fsp3) is 0.125. The van der Waals surface area contributed by atoms with Crippen molar-refractivity contribution in [3.63, 3.8) is 0 Å². The summed E-state index contributed by atoms with van der Waals surface area (Å²) < 4.78 is 18.4. The van der Waals surface area contributed by atoms with Gasteiger partial charge in [0, 0.05) is 0 Å². The first-order chi connectivity index (χ1) is 10.1. The molecule has 0 aliphatic carbocycles. The minimum absolute atomic E-state index is 0.246. The van der Waals surface area contributed by atoms with Gasteiger partial charge >= 0.3 is 0 Å². The van der Waals surface area contributed by atoms with Crippen LogP contribution in [0.25, 0.3) is 11.0 Å². The van der Waals surface area contributed by atoms with E-state index >= 15 is 0 Å². The number of aryl methyl sites for hydroxylation is 1. The van der Waals surface area contributed by atoms with E-state index in [1.165, 1.54) is 12.1 Å². The number of benzene rings is 2. The van der Waals surface area contributed by atoms with E-state index in [1.807, 2.05) is 25.1 Å². The van der Waals surface area contributed by atoms with Gasteiger partial charge in [-0.3, -0.25) is 0 Å². The lowest BCUT2D eigenvalue weighted by molar-refractivity contribution is 0.296. The van der Waals surface area contributed by atoms with E-state index in [0.717, 1.165) is 22.2 Å². The lowest BCUT2D eigenvalue weighted by atomic mass is 10.2. The van der Waals surface area contributed by atoms with Crippen LogP contribution in [0.4, 0.5) is 10.2 Å². The molecule has 0 radical (unpaired) electrons. The summed E-state index contributed by atoms with van der Waals surface area (Å²) in [6, 6.07) is 11.8. The standard InChI is InChI=1S/C16H14FN3O/c1-10-2-7-13-14(8-10)19-15(18)16(20-13)21-9-11-3-5-12(17)6-4-11/h2-8H,9H2,1H3,(H2,18,19). The van der Waals surface area contributed by atoms with Crippen LogP contribution in [-0.2, 0) is 6.61 Å². The monoisotopic (exact) mass is 283 g/mol. The first-order valence-electron chi connectivity index (χ1n) is 6.53. The Bertz CT molecular complexity index is 787. The predicted octanol–water partition coefficient (Wildman–Crippen LogP) is 3.24. The van der Waals surface area contributed by atoms with E-state index in [1.54, 1.807) is 12.1 Å². The number of hydrogen-bond donors (Lipinski definition) is 1. The average Bonchev–Trinajstić information content (AvgIpc) is 2.47. The lowest BCUT2D eigenvalue weighted by Crippen LogP contribution is -2.03. The van der Waals surface area contributed by atoms with Crippen molar-refractivity contribution in [3.05, 3.63) is 59.4 Å². The first kappa shape index (κ1) is 13.3. The molecule has 0 aliphatic rings. The van der Waals surface area contributed by atoms with Gasteiger partial charge in [-0.05, 0) is 42.3 Å². The topological polar surface area (TPSA) is 61.0 Å². The third kappa shape index (κ3) is 2.91. The Hall–Kier alpha value is -2.69. The maximum absolute atomic E-state index is 12.8. The summed E-state index contributed by atoms with van der Waals surface area (Å²) in [4.78, 5) is 8.66. The van der Waals surface area contributed by atoms with Crippen LogP contribution in [0.15, 0.2) is 42.5 Å². The molecule has 0 aliphatic heterocycles. The van der Waals surface area contributed by atoms with E-state index in [2.05, 4.69) is 9.97 Å². The van der Waals surface area contributed by atoms with Crippen molar-refractivity contribution in [2.45, 2.75) is 13.5 Å². The second kappa shape index (κ2) is 5.36. The summed E-state index contributed by atoms with van der Waals surface area (Å²) in [6.07, 6.45) is 0. The number of halogens is 1. The molecule has 0 saturated heterocycles. The SMILES string of the molecule is Cc1ccc2nc(OCc3ccc(F)cc3)c(N)nc2c1. The first-order valence-corrected chi connectivity index (χ1v) is 6.53. The van der Waals surface area contributed by atoms with Gasteiger partial charge in [-0.25, -0.2) is 14.4 Å². The third-order valence-corrected chi connectivity index (χ3v) is 3.10. The van der Waals surface area contributed by atoms with Crippen molar-refractivity contribution < 1.29 is 9.13 Å². The Morgan fingerprint density at radius 1 is 1.05 bits per heavy atom. The zero-order valence-electron chi connectivity index (χ0n) is 11.5. The number of ether oxygens (including phenoxy) is 1. The van der Waals surface area contributed by atoms with Gasteiger partial charge in [0.05, 0.1) is 11.0 Å². The second-order valence-corrected chi connectivity index (χ2v) is 4.82. The predicted molar refractivity (Wildman–Crippen MR) is 79.4 cm³/mol. The Labute approximate surface area is 121 Å². The van der Waals surface area contributed by atoms with Gasteiger partial charge in [0.15, 0.2) is 5.82 Å². The highest BCUT2D eigenvalue weighted by molar-refractivity contribution is 5.77. The zero-order chi connectivity index (χ0) is 14.8. The van der Waals surface area contributed by atoms with Crippen LogP contribution in [0.5, 0.6) is 5.88 Å². The van der Waals surface area contributed by atoms with Gasteiger partial charge in [0.2, 0.25) is 0 Å². The Kier molecular flexibility index (Phi) is 3.39. The molecule has 1 heterocycles. The van der Waals surface area contributed by atoms with E-state index in [0.29, 0.717) is 0 Å². The molecular formula is C16H14FN3O.